The number of ether oxygens (including phenoxy) is 1. The van der Waals surface area contributed by atoms with Crippen molar-refractivity contribution < 1.29 is 14.3 Å². The summed E-state index contributed by atoms with van der Waals surface area (Å²) in [6.45, 7) is 2.80. The molecule has 5 nitrogen and oxygen atoms in total. The van der Waals surface area contributed by atoms with E-state index >= 15 is 0 Å². The van der Waals surface area contributed by atoms with E-state index in [1.165, 1.54) is 4.90 Å². The number of carbonyl (C=O) groups is 2. The summed E-state index contributed by atoms with van der Waals surface area (Å²) in [5.41, 5.74) is 6.99. The van der Waals surface area contributed by atoms with Crippen LogP contribution in [0.1, 0.15) is 24.9 Å². The van der Waals surface area contributed by atoms with E-state index in [1.807, 2.05) is 31.2 Å². The summed E-state index contributed by atoms with van der Waals surface area (Å²) >= 11 is 0. The lowest BCUT2D eigenvalue weighted by Crippen LogP contribution is -2.38. The number of fused-ring (bicyclic) bond motifs is 1. The molecule has 2 aliphatic rings. The third-order valence-electron chi connectivity index (χ3n) is 3.96. The normalized spacial score (nSPS) is 25.6. The fraction of sp³-hybridized carbons (Fsp3) is 0.467. The van der Waals surface area contributed by atoms with Gasteiger partial charge in [0.15, 0.2) is 0 Å². The van der Waals surface area contributed by atoms with Gasteiger partial charge in [0.1, 0.15) is 5.75 Å². The van der Waals surface area contributed by atoms with Crippen molar-refractivity contribution in [1.29, 1.82) is 0 Å². The van der Waals surface area contributed by atoms with Crippen LogP contribution in [0.25, 0.3) is 0 Å². The zero-order valence-corrected chi connectivity index (χ0v) is 11.4. The monoisotopic (exact) mass is 274 g/mol. The summed E-state index contributed by atoms with van der Waals surface area (Å²) in [7, 11) is 0. The van der Waals surface area contributed by atoms with Crippen LogP contribution in [-0.2, 0) is 9.59 Å². The Hall–Kier alpha value is -1.88. The molecule has 3 atom stereocenters. The Labute approximate surface area is 117 Å². The highest BCUT2D eigenvalue weighted by Crippen LogP contribution is 2.47. The predicted molar refractivity (Wildman–Crippen MR) is 72.9 cm³/mol. The number of hydrogen-bond acceptors (Lipinski definition) is 4. The molecule has 106 valence electrons. The van der Waals surface area contributed by atoms with Gasteiger partial charge in [0.25, 0.3) is 0 Å². The van der Waals surface area contributed by atoms with E-state index in [4.69, 9.17) is 10.5 Å². The first-order chi connectivity index (χ1) is 9.61. The van der Waals surface area contributed by atoms with Crippen LogP contribution in [0.15, 0.2) is 24.3 Å². The van der Waals surface area contributed by atoms with Crippen LogP contribution in [-0.4, -0.2) is 29.9 Å². The van der Waals surface area contributed by atoms with Crippen LogP contribution < -0.4 is 10.5 Å². The third kappa shape index (κ3) is 2.18. The molecule has 3 unspecified atom stereocenters. The number of rotatable bonds is 5. The van der Waals surface area contributed by atoms with E-state index in [0.717, 1.165) is 17.7 Å². The maximum Gasteiger partial charge on any atom is 0.233 e. The molecule has 0 spiro atoms. The fourth-order valence-corrected chi connectivity index (χ4v) is 2.71. The van der Waals surface area contributed by atoms with E-state index in [2.05, 4.69) is 0 Å². The SMILES string of the molecule is CCOc1ccc(C(N)CN2C(=O)C3CC3C2=O)cc1. The Bertz CT molecular complexity index is 521. The van der Waals surface area contributed by atoms with Crippen molar-refractivity contribution in [3.05, 3.63) is 29.8 Å². The fourth-order valence-electron chi connectivity index (χ4n) is 2.71. The number of imide groups is 1. The van der Waals surface area contributed by atoms with Crippen molar-refractivity contribution >= 4 is 11.8 Å². The molecule has 1 aliphatic heterocycles. The largest absolute Gasteiger partial charge is 0.494 e. The van der Waals surface area contributed by atoms with E-state index in [9.17, 15) is 9.59 Å². The molecule has 1 aliphatic carbocycles. The molecule has 2 fully saturated rings. The Morgan fingerprint density at radius 2 is 1.85 bits per heavy atom. The van der Waals surface area contributed by atoms with E-state index in [1.54, 1.807) is 0 Å². The lowest BCUT2D eigenvalue weighted by molar-refractivity contribution is -0.141. The minimum Gasteiger partial charge on any atom is -0.494 e. The number of piperidine rings is 1. The first-order valence-corrected chi connectivity index (χ1v) is 6.95. The Morgan fingerprint density at radius 1 is 1.25 bits per heavy atom. The zero-order valence-electron chi connectivity index (χ0n) is 11.4. The van der Waals surface area contributed by atoms with Gasteiger partial charge in [0.05, 0.1) is 18.4 Å². The van der Waals surface area contributed by atoms with Gasteiger partial charge in [-0.15, -0.1) is 0 Å². The molecule has 0 radical (unpaired) electrons. The molecular formula is C15H18N2O3. The van der Waals surface area contributed by atoms with Gasteiger partial charge >= 0.3 is 0 Å². The van der Waals surface area contributed by atoms with Crippen LogP contribution >= 0.6 is 0 Å². The van der Waals surface area contributed by atoms with Crippen molar-refractivity contribution in [2.45, 2.75) is 19.4 Å². The molecular weight excluding hydrogens is 256 g/mol. The summed E-state index contributed by atoms with van der Waals surface area (Å²) < 4.78 is 5.37. The average molecular weight is 274 g/mol. The maximum absolute atomic E-state index is 11.9. The molecule has 1 saturated heterocycles. The second-order valence-electron chi connectivity index (χ2n) is 5.34. The summed E-state index contributed by atoms with van der Waals surface area (Å²) in [5.74, 6) is 0.561. The molecule has 1 aromatic carbocycles. The Balaban J connectivity index is 1.65. The van der Waals surface area contributed by atoms with Crippen LogP contribution in [0.5, 0.6) is 5.75 Å². The van der Waals surface area contributed by atoms with Gasteiger partial charge in [-0.2, -0.15) is 0 Å². The zero-order chi connectivity index (χ0) is 14.3. The molecule has 2 amide bonds. The van der Waals surface area contributed by atoms with Gasteiger partial charge in [0.2, 0.25) is 11.8 Å². The smallest absolute Gasteiger partial charge is 0.233 e. The number of nitrogens with zero attached hydrogens (tertiary/aromatic N) is 1. The molecule has 3 rings (SSSR count). The van der Waals surface area contributed by atoms with Crippen molar-refractivity contribution in [3.63, 3.8) is 0 Å². The number of nitrogens with two attached hydrogens (primary N) is 1. The molecule has 20 heavy (non-hydrogen) atoms. The molecule has 1 saturated carbocycles. The van der Waals surface area contributed by atoms with Crippen LogP contribution in [0.3, 0.4) is 0 Å². The molecule has 5 heteroatoms. The van der Waals surface area contributed by atoms with Crippen LogP contribution in [0.4, 0.5) is 0 Å². The minimum atomic E-state index is -0.351. The van der Waals surface area contributed by atoms with Gasteiger partial charge in [-0.1, -0.05) is 12.1 Å². The highest BCUT2D eigenvalue weighted by molar-refractivity contribution is 6.08. The van der Waals surface area contributed by atoms with Gasteiger partial charge < -0.3 is 10.5 Å². The Kier molecular flexibility index (Phi) is 3.22. The number of benzene rings is 1. The lowest BCUT2D eigenvalue weighted by Gasteiger charge is -2.21. The van der Waals surface area contributed by atoms with E-state index < -0.39 is 0 Å². The number of likely N-dealkylation sites (tertiary alicyclic amines) is 1. The maximum atomic E-state index is 11.9. The molecule has 2 N–H and O–H groups in total. The molecule has 0 bridgehead atoms. The topological polar surface area (TPSA) is 72.6 Å². The van der Waals surface area contributed by atoms with Gasteiger partial charge in [-0.3, -0.25) is 14.5 Å². The van der Waals surface area contributed by atoms with E-state index in [-0.39, 0.29) is 36.2 Å². The molecule has 1 heterocycles. The number of carbonyl (C=O) groups excluding carboxylic acids is 2. The highest BCUT2D eigenvalue weighted by atomic mass is 16.5. The first-order valence-electron chi connectivity index (χ1n) is 6.95. The van der Waals surface area contributed by atoms with Crippen LogP contribution in [0.2, 0.25) is 0 Å². The first kappa shape index (κ1) is 13.1. The van der Waals surface area contributed by atoms with E-state index in [0.29, 0.717) is 6.61 Å². The van der Waals surface area contributed by atoms with Crippen LogP contribution in [0, 0.1) is 11.8 Å². The van der Waals surface area contributed by atoms with Gasteiger partial charge in [-0.25, -0.2) is 0 Å². The van der Waals surface area contributed by atoms with Crippen molar-refractivity contribution in [2.75, 3.05) is 13.2 Å². The lowest BCUT2D eigenvalue weighted by atomic mass is 10.1. The average Bonchev–Trinajstić information content (AvgIpc) is 3.20. The molecule has 1 aromatic rings. The minimum absolute atomic E-state index is 0.0543. The summed E-state index contributed by atoms with van der Waals surface area (Å²) in [6, 6.07) is 7.10. The summed E-state index contributed by atoms with van der Waals surface area (Å²) in [6.07, 6.45) is 0.729. The number of amides is 2. The second kappa shape index (κ2) is 4.90. The predicted octanol–water partition coefficient (Wildman–Crippen LogP) is 1.09. The second-order valence-corrected chi connectivity index (χ2v) is 5.34. The standard InChI is InChI=1S/C15H18N2O3/c1-2-20-10-5-3-9(4-6-10)13(16)8-17-14(18)11-7-12(11)15(17)19/h3-6,11-13H,2,7-8,16H2,1H3. The number of hydrogen-bond donors (Lipinski definition) is 1. The third-order valence-corrected chi connectivity index (χ3v) is 3.96. The molecule has 0 aromatic heterocycles. The van der Waals surface area contributed by atoms with Crippen molar-refractivity contribution in [1.82, 2.24) is 4.90 Å². The van der Waals surface area contributed by atoms with Gasteiger partial charge in [-0.05, 0) is 31.0 Å². The van der Waals surface area contributed by atoms with Gasteiger partial charge in [0, 0.05) is 12.6 Å². The quantitative estimate of drug-likeness (QED) is 0.816. The highest BCUT2D eigenvalue weighted by Gasteiger charge is 2.58. The van der Waals surface area contributed by atoms with Crippen molar-refractivity contribution in [2.24, 2.45) is 17.6 Å². The Morgan fingerprint density at radius 3 is 2.40 bits per heavy atom. The van der Waals surface area contributed by atoms with Crippen molar-refractivity contribution in [3.8, 4) is 5.75 Å². The summed E-state index contributed by atoms with van der Waals surface area (Å²) in [5, 5.41) is 0. The summed E-state index contributed by atoms with van der Waals surface area (Å²) in [4.78, 5) is 25.1.